The number of ether oxygens (including phenoxy) is 1. The third-order valence-electron chi connectivity index (χ3n) is 2.47. The van der Waals surface area contributed by atoms with Gasteiger partial charge >= 0.3 is 0 Å². The number of hydrogen-bond donors (Lipinski definition) is 0. The summed E-state index contributed by atoms with van der Waals surface area (Å²) in [4.78, 5) is 10.4. The van der Waals surface area contributed by atoms with Crippen molar-refractivity contribution in [3.05, 3.63) is 0 Å². The van der Waals surface area contributed by atoms with Crippen molar-refractivity contribution >= 4 is 6.29 Å². The van der Waals surface area contributed by atoms with E-state index in [1.807, 2.05) is 0 Å². The molecule has 12 heavy (non-hydrogen) atoms. The lowest BCUT2D eigenvalue weighted by Gasteiger charge is -2.25. The van der Waals surface area contributed by atoms with Gasteiger partial charge in [0.1, 0.15) is 6.29 Å². The van der Waals surface area contributed by atoms with Crippen molar-refractivity contribution in [3.8, 4) is 0 Å². The predicted molar refractivity (Wildman–Crippen MR) is 48.1 cm³/mol. The van der Waals surface area contributed by atoms with Crippen molar-refractivity contribution in [1.29, 1.82) is 0 Å². The lowest BCUT2D eigenvalue weighted by molar-refractivity contribution is -0.112. The second kappa shape index (κ2) is 5.31. The van der Waals surface area contributed by atoms with Crippen molar-refractivity contribution in [2.24, 2.45) is 5.92 Å². The molecule has 0 heterocycles. The van der Waals surface area contributed by atoms with Gasteiger partial charge in [0.15, 0.2) is 0 Å². The molecule has 0 aromatic carbocycles. The zero-order valence-corrected chi connectivity index (χ0v) is 7.79. The summed E-state index contributed by atoms with van der Waals surface area (Å²) in [5.74, 6) is 0.312. The van der Waals surface area contributed by atoms with Gasteiger partial charge < -0.3 is 9.53 Å². The van der Waals surface area contributed by atoms with Crippen LogP contribution >= 0.6 is 0 Å². The molecule has 0 amide bonds. The summed E-state index contributed by atoms with van der Waals surface area (Å²) < 4.78 is 5.61. The Labute approximate surface area is 74.3 Å². The Morgan fingerprint density at radius 3 is 2.50 bits per heavy atom. The summed E-state index contributed by atoms with van der Waals surface area (Å²) in [5.41, 5.74) is 0. The molecule has 0 atom stereocenters. The molecule has 0 aromatic heterocycles. The van der Waals surface area contributed by atoms with Crippen molar-refractivity contribution in [3.63, 3.8) is 0 Å². The quantitative estimate of drug-likeness (QED) is 0.604. The first-order chi connectivity index (χ1) is 5.86. The van der Waals surface area contributed by atoms with E-state index in [0.29, 0.717) is 12.0 Å². The highest BCUT2D eigenvalue weighted by atomic mass is 16.5. The summed E-state index contributed by atoms with van der Waals surface area (Å²) in [6.07, 6.45) is 6.81. The first-order valence-corrected chi connectivity index (χ1v) is 4.93. The molecule has 0 aromatic rings. The van der Waals surface area contributed by atoms with Gasteiger partial charge in [-0.2, -0.15) is 0 Å². The highest BCUT2D eigenvalue weighted by Gasteiger charge is 2.20. The minimum atomic E-state index is 0.312. The minimum Gasteiger partial charge on any atom is -0.378 e. The monoisotopic (exact) mass is 170 g/mol. The van der Waals surface area contributed by atoms with Crippen molar-refractivity contribution in [2.75, 3.05) is 6.61 Å². The molecule has 0 aliphatic heterocycles. The van der Waals surface area contributed by atoms with Crippen molar-refractivity contribution < 1.29 is 9.53 Å². The average Bonchev–Trinajstić information content (AvgIpc) is 2.15. The van der Waals surface area contributed by atoms with Gasteiger partial charge in [0.2, 0.25) is 0 Å². The van der Waals surface area contributed by atoms with Crippen molar-refractivity contribution in [1.82, 2.24) is 0 Å². The smallest absolute Gasteiger partial charge is 0.123 e. The molecule has 1 saturated carbocycles. The Balaban J connectivity index is 2.12. The normalized spacial score (nSPS) is 30.1. The molecule has 2 nitrogen and oxygen atoms in total. The SMILES string of the molecule is CCCOC1CCC(C=O)CC1. The highest BCUT2D eigenvalue weighted by molar-refractivity contribution is 5.53. The molecule has 2 heteroatoms. The van der Waals surface area contributed by atoms with Crippen LogP contribution in [0.3, 0.4) is 0 Å². The molecule has 0 N–H and O–H groups in total. The molecule has 1 rings (SSSR count). The zero-order valence-electron chi connectivity index (χ0n) is 7.79. The number of hydrogen-bond acceptors (Lipinski definition) is 2. The first-order valence-electron chi connectivity index (χ1n) is 4.93. The van der Waals surface area contributed by atoms with E-state index < -0.39 is 0 Å². The topological polar surface area (TPSA) is 26.3 Å². The van der Waals surface area contributed by atoms with E-state index in [1.165, 1.54) is 0 Å². The lowest BCUT2D eigenvalue weighted by Crippen LogP contribution is -2.22. The van der Waals surface area contributed by atoms with Crippen LogP contribution in [0.25, 0.3) is 0 Å². The number of carbonyl (C=O) groups is 1. The van der Waals surface area contributed by atoms with Crippen LogP contribution in [0.15, 0.2) is 0 Å². The van der Waals surface area contributed by atoms with Gasteiger partial charge in [-0.25, -0.2) is 0 Å². The largest absolute Gasteiger partial charge is 0.378 e. The third-order valence-corrected chi connectivity index (χ3v) is 2.47. The summed E-state index contributed by atoms with van der Waals surface area (Å²) >= 11 is 0. The molecular weight excluding hydrogens is 152 g/mol. The van der Waals surface area contributed by atoms with Gasteiger partial charge in [0.25, 0.3) is 0 Å². The van der Waals surface area contributed by atoms with Crippen LogP contribution in [0.4, 0.5) is 0 Å². The van der Waals surface area contributed by atoms with E-state index in [0.717, 1.165) is 45.0 Å². The molecule has 0 unspecified atom stereocenters. The fourth-order valence-corrected chi connectivity index (χ4v) is 1.68. The maximum atomic E-state index is 10.4. The van der Waals surface area contributed by atoms with Gasteiger partial charge in [-0.3, -0.25) is 0 Å². The average molecular weight is 170 g/mol. The maximum Gasteiger partial charge on any atom is 0.123 e. The third kappa shape index (κ3) is 2.94. The number of aldehydes is 1. The Bertz CT molecular complexity index is 126. The number of rotatable bonds is 4. The Morgan fingerprint density at radius 2 is 2.00 bits per heavy atom. The molecule has 0 radical (unpaired) electrons. The maximum absolute atomic E-state index is 10.4. The van der Waals surface area contributed by atoms with Gasteiger partial charge in [-0.05, 0) is 32.1 Å². The van der Waals surface area contributed by atoms with E-state index >= 15 is 0 Å². The summed E-state index contributed by atoms with van der Waals surface area (Å²) in [6.45, 7) is 2.99. The van der Waals surface area contributed by atoms with Crippen LogP contribution in [0, 0.1) is 5.92 Å². The van der Waals surface area contributed by atoms with Gasteiger partial charge in [-0.1, -0.05) is 6.92 Å². The van der Waals surface area contributed by atoms with E-state index in [4.69, 9.17) is 4.74 Å². The van der Waals surface area contributed by atoms with Crippen molar-refractivity contribution in [2.45, 2.75) is 45.1 Å². The minimum absolute atomic E-state index is 0.312. The molecular formula is C10H18O2. The van der Waals surface area contributed by atoms with E-state index in [1.54, 1.807) is 0 Å². The molecule has 1 aliphatic carbocycles. The van der Waals surface area contributed by atoms with E-state index in [-0.39, 0.29) is 0 Å². The second-order valence-corrected chi connectivity index (χ2v) is 3.54. The summed E-state index contributed by atoms with van der Waals surface area (Å²) in [5, 5.41) is 0. The Morgan fingerprint density at radius 1 is 1.33 bits per heavy atom. The van der Waals surface area contributed by atoms with Gasteiger partial charge in [0, 0.05) is 12.5 Å². The van der Waals surface area contributed by atoms with Crippen LogP contribution < -0.4 is 0 Å². The molecule has 0 saturated heterocycles. The van der Waals surface area contributed by atoms with E-state index in [2.05, 4.69) is 6.92 Å². The van der Waals surface area contributed by atoms with E-state index in [9.17, 15) is 4.79 Å². The Hall–Kier alpha value is -0.370. The van der Waals surface area contributed by atoms with Gasteiger partial charge in [-0.15, -0.1) is 0 Å². The van der Waals surface area contributed by atoms with Crippen LogP contribution in [0.1, 0.15) is 39.0 Å². The fourth-order valence-electron chi connectivity index (χ4n) is 1.68. The van der Waals surface area contributed by atoms with Crippen LogP contribution in [-0.2, 0) is 9.53 Å². The zero-order chi connectivity index (χ0) is 8.81. The molecule has 0 bridgehead atoms. The summed E-state index contributed by atoms with van der Waals surface area (Å²) in [7, 11) is 0. The second-order valence-electron chi connectivity index (χ2n) is 3.54. The Kier molecular flexibility index (Phi) is 4.30. The lowest BCUT2D eigenvalue weighted by atomic mass is 9.88. The predicted octanol–water partition coefficient (Wildman–Crippen LogP) is 2.17. The van der Waals surface area contributed by atoms with Gasteiger partial charge in [0.05, 0.1) is 6.10 Å². The summed E-state index contributed by atoms with van der Waals surface area (Å²) in [6, 6.07) is 0. The highest BCUT2D eigenvalue weighted by Crippen LogP contribution is 2.24. The fraction of sp³-hybridized carbons (Fsp3) is 0.900. The first kappa shape index (κ1) is 9.72. The molecule has 1 aliphatic rings. The molecule has 0 spiro atoms. The standard InChI is InChI=1S/C10H18O2/c1-2-7-12-10-5-3-9(8-11)4-6-10/h8-10H,2-7H2,1H3. The molecule has 70 valence electrons. The van der Waals surface area contributed by atoms with Crippen LogP contribution in [-0.4, -0.2) is 19.0 Å². The van der Waals surface area contributed by atoms with Crippen LogP contribution in [0.5, 0.6) is 0 Å². The van der Waals surface area contributed by atoms with Crippen LogP contribution in [0.2, 0.25) is 0 Å². The number of carbonyl (C=O) groups excluding carboxylic acids is 1. The molecule has 1 fully saturated rings.